The summed E-state index contributed by atoms with van der Waals surface area (Å²) in [6.07, 6.45) is 7.29. The summed E-state index contributed by atoms with van der Waals surface area (Å²) in [5, 5.41) is 3.19. The van der Waals surface area contributed by atoms with Gasteiger partial charge in [0.2, 0.25) is 0 Å². The van der Waals surface area contributed by atoms with E-state index in [-0.39, 0.29) is 17.8 Å². The molecule has 1 aromatic rings. The highest BCUT2D eigenvalue weighted by Gasteiger charge is 2.26. The minimum Gasteiger partial charge on any atom is -0.349 e. The number of carbonyl (C=O) groups excluding carboxylic acids is 1. The number of rotatable bonds is 5. The molecule has 1 aliphatic carbocycles. The molecule has 0 heterocycles. The minimum atomic E-state index is -0.308. The lowest BCUT2D eigenvalue weighted by Crippen LogP contribution is -2.42. The SMILES string of the molecule is CC(C)CC(NC(=O)c1ccc(F)cc1)C1CCCCC1. The smallest absolute Gasteiger partial charge is 0.251 e. The van der Waals surface area contributed by atoms with Crippen molar-refractivity contribution in [3.8, 4) is 0 Å². The van der Waals surface area contributed by atoms with Gasteiger partial charge in [0.05, 0.1) is 0 Å². The molecule has 0 spiro atoms. The molecule has 1 saturated carbocycles. The van der Waals surface area contributed by atoms with E-state index in [0.717, 1.165) is 6.42 Å². The summed E-state index contributed by atoms with van der Waals surface area (Å²) in [4.78, 5) is 12.4. The Kier molecular flexibility index (Phi) is 5.77. The summed E-state index contributed by atoms with van der Waals surface area (Å²) >= 11 is 0. The van der Waals surface area contributed by atoms with Crippen molar-refractivity contribution < 1.29 is 9.18 Å². The number of halogens is 1. The Hall–Kier alpha value is -1.38. The second-order valence-electron chi connectivity index (χ2n) is 6.61. The van der Waals surface area contributed by atoms with E-state index in [9.17, 15) is 9.18 Å². The molecule has 1 atom stereocenters. The Bertz CT molecular complexity index is 449. The highest BCUT2D eigenvalue weighted by atomic mass is 19.1. The fourth-order valence-electron chi connectivity index (χ4n) is 3.27. The second kappa shape index (κ2) is 7.58. The number of hydrogen-bond donors (Lipinski definition) is 1. The first-order chi connectivity index (χ1) is 10.1. The second-order valence-corrected chi connectivity index (χ2v) is 6.61. The minimum absolute atomic E-state index is 0.0776. The zero-order valence-corrected chi connectivity index (χ0v) is 13.1. The van der Waals surface area contributed by atoms with Gasteiger partial charge in [-0.2, -0.15) is 0 Å². The Morgan fingerprint density at radius 2 is 1.81 bits per heavy atom. The van der Waals surface area contributed by atoms with E-state index >= 15 is 0 Å². The van der Waals surface area contributed by atoms with Crippen molar-refractivity contribution in [1.82, 2.24) is 5.32 Å². The summed E-state index contributed by atoms with van der Waals surface area (Å²) < 4.78 is 12.9. The van der Waals surface area contributed by atoms with Gasteiger partial charge < -0.3 is 5.32 Å². The molecule has 1 fully saturated rings. The molecule has 2 nitrogen and oxygen atoms in total. The molecule has 0 bridgehead atoms. The van der Waals surface area contributed by atoms with Crippen molar-refractivity contribution in [2.75, 3.05) is 0 Å². The van der Waals surface area contributed by atoms with E-state index in [4.69, 9.17) is 0 Å². The number of carbonyl (C=O) groups is 1. The maximum atomic E-state index is 12.9. The van der Waals surface area contributed by atoms with Gasteiger partial charge in [-0.3, -0.25) is 4.79 Å². The number of nitrogens with one attached hydrogen (secondary N) is 1. The van der Waals surface area contributed by atoms with Gasteiger partial charge in [0.15, 0.2) is 0 Å². The van der Waals surface area contributed by atoms with Gasteiger partial charge in [-0.05, 0) is 55.4 Å². The van der Waals surface area contributed by atoms with Crippen molar-refractivity contribution >= 4 is 5.91 Å². The normalized spacial score (nSPS) is 17.7. The lowest BCUT2D eigenvalue weighted by molar-refractivity contribution is 0.0904. The summed E-state index contributed by atoms with van der Waals surface area (Å²) in [5.74, 6) is 0.764. The van der Waals surface area contributed by atoms with Gasteiger partial charge in [-0.25, -0.2) is 4.39 Å². The van der Waals surface area contributed by atoms with Crippen molar-refractivity contribution in [2.45, 2.75) is 58.4 Å². The van der Waals surface area contributed by atoms with Crippen LogP contribution >= 0.6 is 0 Å². The molecule has 0 radical (unpaired) electrons. The Morgan fingerprint density at radius 3 is 2.38 bits per heavy atom. The van der Waals surface area contributed by atoms with E-state index in [2.05, 4.69) is 19.2 Å². The van der Waals surface area contributed by atoms with Gasteiger partial charge in [-0.15, -0.1) is 0 Å². The fourth-order valence-corrected chi connectivity index (χ4v) is 3.27. The van der Waals surface area contributed by atoms with Gasteiger partial charge >= 0.3 is 0 Å². The third-order valence-corrected chi connectivity index (χ3v) is 4.37. The maximum Gasteiger partial charge on any atom is 0.251 e. The molecular formula is C18H26FNO. The number of amides is 1. The van der Waals surface area contributed by atoms with Gasteiger partial charge in [0.1, 0.15) is 5.82 Å². The van der Waals surface area contributed by atoms with Crippen LogP contribution in [0.15, 0.2) is 24.3 Å². The lowest BCUT2D eigenvalue weighted by Gasteiger charge is -2.32. The Morgan fingerprint density at radius 1 is 1.19 bits per heavy atom. The van der Waals surface area contributed by atoms with Crippen molar-refractivity contribution in [3.63, 3.8) is 0 Å². The van der Waals surface area contributed by atoms with Crippen LogP contribution in [-0.2, 0) is 0 Å². The molecule has 0 saturated heterocycles. The molecule has 0 aliphatic heterocycles. The predicted octanol–water partition coefficient (Wildman–Crippen LogP) is 4.55. The van der Waals surface area contributed by atoms with Crippen LogP contribution in [-0.4, -0.2) is 11.9 Å². The first-order valence-electron chi connectivity index (χ1n) is 8.12. The van der Waals surface area contributed by atoms with E-state index < -0.39 is 0 Å². The quantitative estimate of drug-likeness (QED) is 0.847. The Balaban J connectivity index is 2.02. The molecule has 1 aliphatic rings. The highest BCUT2D eigenvalue weighted by molar-refractivity contribution is 5.94. The zero-order valence-electron chi connectivity index (χ0n) is 13.1. The summed E-state index contributed by atoms with van der Waals surface area (Å²) in [7, 11) is 0. The predicted molar refractivity (Wildman–Crippen MR) is 83.7 cm³/mol. The molecule has 0 aromatic heterocycles. The summed E-state index contributed by atoms with van der Waals surface area (Å²) in [6.45, 7) is 4.39. The van der Waals surface area contributed by atoms with Gasteiger partial charge in [0.25, 0.3) is 5.91 Å². The highest BCUT2D eigenvalue weighted by Crippen LogP contribution is 2.29. The van der Waals surface area contributed by atoms with Crippen molar-refractivity contribution in [2.24, 2.45) is 11.8 Å². The molecule has 2 rings (SSSR count). The molecule has 1 amide bonds. The van der Waals surface area contributed by atoms with Crippen LogP contribution in [0, 0.1) is 17.7 Å². The van der Waals surface area contributed by atoms with Crippen LogP contribution in [0.3, 0.4) is 0 Å². The first-order valence-corrected chi connectivity index (χ1v) is 8.12. The fraction of sp³-hybridized carbons (Fsp3) is 0.611. The van der Waals surface area contributed by atoms with Crippen LogP contribution < -0.4 is 5.32 Å². The van der Waals surface area contributed by atoms with Crippen molar-refractivity contribution in [1.29, 1.82) is 0 Å². The third-order valence-electron chi connectivity index (χ3n) is 4.37. The zero-order chi connectivity index (χ0) is 15.2. The van der Waals surface area contributed by atoms with E-state index in [1.807, 2.05) is 0 Å². The van der Waals surface area contributed by atoms with E-state index in [1.165, 1.54) is 44.2 Å². The van der Waals surface area contributed by atoms with E-state index in [1.54, 1.807) is 12.1 Å². The first kappa shape index (κ1) is 16.0. The molecule has 1 unspecified atom stereocenters. The topological polar surface area (TPSA) is 29.1 Å². The van der Waals surface area contributed by atoms with Crippen LogP contribution in [0.1, 0.15) is 62.7 Å². The molecular weight excluding hydrogens is 265 g/mol. The van der Waals surface area contributed by atoms with Crippen LogP contribution in [0.25, 0.3) is 0 Å². The lowest BCUT2D eigenvalue weighted by atomic mass is 9.81. The van der Waals surface area contributed by atoms with E-state index in [0.29, 0.717) is 17.4 Å². The molecule has 21 heavy (non-hydrogen) atoms. The molecule has 1 N–H and O–H groups in total. The van der Waals surface area contributed by atoms with Crippen LogP contribution in [0.5, 0.6) is 0 Å². The monoisotopic (exact) mass is 291 g/mol. The molecule has 1 aromatic carbocycles. The number of benzene rings is 1. The van der Waals surface area contributed by atoms with Gasteiger partial charge in [-0.1, -0.05) is 33.1 Å². The number of hydrogen-bond acceptors (Lipinski definition) is 1. The Labute approximate surface area is 127 Å². The summed E-state index contributed by atoms with van der Waals surface area (Å²) in [6, 6.07) is 6.03. The average molecular weight is 291 g/mol. The third kappa shape index (κ3) is 4.83. The average Bonchev–Trinajstić information content (AvgIpc) is 2.47. The van der Waals surface area contributed by atoms with Crippen LogP contribution in [0.4, 0.5) is 4.39 Å². The van der Waals surface area contributed by atoms with Crippen LogP contribution in [0.2, 0.25) is 0 Å². The largest absolute Gasteiger partial charge is 0.349 e. The molecule has 3 heteroatoms. The van der Waals surface area contributed by atoms with Crippen molar-refractivity contribution in [3.05, 3.63) is 35.6 Å². The molecule has 116 valence electrons. The van der Waals surface area contributed by atoms with Gasteiger partial charge in [0, 0.05) is 11.6 Å². The summed E-state index contributed by atoms with van der Waals surface area (Å²) in [5.41, 5.74) is 0.543. The standard InChI is InChI=1S/C18H26FNO/c1-13(2)12-17(14-6-4-3-5-7-14)20-18(21)15-8-10-16(19)11-9-15/h8-11,13-14,17H,3-7,12H2,1-2H3,(H,20,21). The maximum absolute atomic E-state index is 12.9.